The van der Waals surface area contributed by atoms with E-state index in [9.17, 15) is 43.2 Å². The second kappa shape index (κ2) is 17.5. The molecule has 2 aromatic rings. The number of nitrogens with zero attached hydrogens (tertiary/aromatic N) is 2. The van der Waals surface area contributed by atoms with Crippen LogP contribution in [0, 0.1) is 0 Å². The summed E-state index contributed by atoms with van der Waals surface area (Å²) in [5.41, 5.74) is 1.57. The SMILES string of the molecule is O=Cc1ccc(C(=O)NCCSSCCC(=O)ON2C(=O)CCC2=O)cc1.O=Cc1ccc(C(=O)ON2C(=O)CCC2=O)cc1. The van der Waals surface area contributed by atoms with Gasteiger partial charge in [0.1, 0.15) is 12.6 Å². The van der Waals surface area contributed by atoms with E-state index >= 15 is 0 Å². The van der Waals surface area contributed by atoms with E-state index in [0.717, 1.165) is 0 Å². The van der Waals surface area contributed by atoms with Crippen molar-refractivity contribution >= 4 is 75.6 Å². The molecule has 0 spiro atoms. The summed E-state index contributed by atoms with van der Waals surface area (Å²) < 4.78 is 0. The lowest BCUT2D eigenvalue weighted by molar-refractivity contribution is -0.197. The zero-order valence-electron chi connectivity index (χ0n) is 23.6. The third-order valence-corrected chi connectivity index (χ3v) is 8.32. The average molecular weight is 658 g/mol. The van der Waals surface area contributed by atoms with Crippen molar-refractivity contribution in [1.82, 2.24) is 15.4 Å². The number of hydroxylamine groups is 4. The smallest absolute Gasteiger partial charge is 0.351 e. The summed E-state index contributed by atoms with van der Waals surface area (Å²) in [5.74, 6) is -2.60. The number of carbonyl (C=O) groups excluding carboxylic acids is 9. The van der Waals surface area contributed by atoms with Crippen LogP contribution >= 0.6 is 21.6 Å². The number of hydrogen-bond acceptors (Lipinski definition) is 13. The van der Waals surface area contributed by atoms with Gasteiger partial charge in [-0.3, -0.25) is 33.6 Å². The van der Waals surface area contributed by atoms with Crippen molar-refractivity contribution in [2.45, 2.75) is 32.1 Å². The van der Waals surface area contributed by atoms with Gasteiger partial charge in [0.05, 0.1) is 12.0 Å². The van der Waals surface area contributed by atoms with Crippen LogP contribution in [0.3, 0.4) is 0 Å². The predicted octanol–water partition coefficient (Wildman–Crippen LogP) is 2.33. The van der Waals surface area contributed by atoms with Crippen molar-refractivity contribution in [2.24, 2.45) is 0 Å². The Morgan fingerprint density at radius 2 is 1.11 bits per heavy atom. The van der Waals surface area contributed by atoms with E-state index in [0.29, 0.717) is 57.4 Å². The van der Waals surface area contributed by atoms with E-state index in [-0.39, 0.29) is 43.6 Å². The fraction of sp³-hybridized carbons (Fsp3) is 0.276. The maximum absolute atomic E-state index is 11.9. The van der Waals surface area contributed by atoms with E-state index in [4.69, 9.17) is 9.68 Å². The Morgan fingerprint density at radius 3 is 1.60 bits per heavy atom. The Hall–Kier alpha value is -4.83. The molecule has 0 atom stereocenters. The molecule has 1 N–H and O–H groups in total. The van der Waals surface area contributed by atoms with E-state index in [2.05, 4.69) is 5.32 Å². The van der Waals surface area contributed by atoms with Gasteiger partial charge in [0.2, 0.25) is 0 Å². The normalized spacial score (nSPS) is 14.0. The maximum Gasteiger partial charge on any atom is 0.363 e. The summed E-state index contributed by atoms with van der Waals surface area (Å²) in [6.45, 7) is 0.452. The third kappa shape index (κ3) is 10.7. The summed E-state index contributed by atoms with van der Waals surface area (Å²) in [7, 11) is 2.91. The fourth-order valence-corrected chi connectivity index (χ4v) is 5.44. The molecule has 0 aliphatic carbocycles. The van der Waals surface area contributed by atoms with E-state index < -0.39 is 35.6 Å². The van der Waals surface area contributed by atoms with Crippen molar-refractivity contribution in [1.29, 1.82) is 0 Å². The Kier molecular flexibility index (Phi) is 13.4. The van der Waals surface area contributed by atoms with Crippen LogP contribution in [0.2, 0.25) is 0 Å². The Labute approximate surface area is 264 Å². The molecule has 2 aromatic carbocycles. The minimum Gasteiger partial charge on any atom is -0.351 e. The molecule has 2 aliphatic rings. The first-order chi connectivity index (χ1) is 21.6. The van der Waals surface area contributed by atoms with Gasteiger partial charge in [-0.05, 0) is 24.3 Å². The third-order valence-electron chi connectivity index (χ3n) is 5.91. The second-order valence-corrected chi connectivity index (χ2v) is 11.8. The lowest BCUT2D eigenvalue weighted by Gasteiger charge is -2.12. The van der Waals surface area contributed by atoms with Crippen LogP contribution in [-0.4, -0.2) is 82.2 Å². The van der Waals surface area contributed by atoms with Gasteiger partial charge in [-0.2, -0.15) is 0 Å². The first-order valence-corrected chi connectivity index (χ1v) is 15.9. The Morgan fingerprint density at radius 1 is 0.667 bits per heavy atom. The minimum atomic E-state index is -0.809. The maximum atomic E-state index is 11.9. The molecule has 16 heteroatoms. The molecule has 5 amide bonds. The zero-order valence-corrected chi connectivity index (χ0v) is 25.3. The minimum absolute atomic E-state index is 0.0518. The number of imide groups is 2. The van der Waals surface area contributed by atoms with Crippen molar-refractivity contribution in [3.8, 4) is 0 Å². The molecule has 0 bridgehead atoms. The molecule has 0 aromatic heterocycles. The van der Waals surface area contributed by atoms with Crippen molar-refractivity contribution < 1.29 is 52.8 Å². The quantitative estimate of drug-likeness (QED) is 0.143. The monoisotopic (exact) mass is 657 g/mol. The van der Waals surface area contributed by atoms with Crippen LogP contribution in [0.1, 0.15) is 73.5 Å². The van der Waals surface area contributed by atoms with Gasteiger partial charge in [-0.25, -0.2) is 9.59 Å². The van der Waals surface area contributed by atoms with Crippen LogP contribution in [-0.2, 0) is 33.6 Å². The van der Waals surface area contributed by atoms with Gasteiger partial charge >= 0.3 is 11.9 Å². The first kappa shape index (κ1) is 34.7. The van der Waals surface area contributed by atoms with Gasteiger partial charge < -0.3 is 15.0 Å². The van der Waals surface area contributed by atoms with E-state index in [1.165, 1.54) is 45.9 Å². The highest BCUT2D eigenvalue weighted by molar-refractivity contribution is 8.76. The number of hydrogen-bond donors (Lipinski definition) is 1. The second-order valence-electron chi connectivity index (χ2n) is 9.14. The number of carbonyl (C=O) groups is 9. The number of benzene rings is 2. The number of rotatable bonds is 13. The topological polar surface area (TPSA) is 191 Å². The summed E-state index contributed by atoms with van der Waals surface area (Å²) in [6.07, 6.45) is 1.68. The zero-order chi connectivity index (χ0) is 32.8. The molecule has 0 radical (unpaired) electrons. The van der Waals surface area contributed by atoms with E-state index in [1.807, 2.05) is 0 Å². The predicted molar refractivity (Wildman–Crippen MR) is 159 cm³/mol. The summed E-state index contributed by atoms with van der Waals surface area (Å²) in [6, 6.07) is 12.0. The standard InChI is InChI=1S/C17H18N2O6S2.C12H9NO5/c20-11-12-1-3-13(4-2-12)17(24)18-8-10-27-26-9-7-16(23)25-19-14(21)5-6-15(19)22;14-7-8-1-3-9(4-2-8)12(17)18-13-10(15)5-6-11(13)16/h1-4,11H,5-10H2,(H,18,24);1-4,7H,5-6H2. The highest BCUT2D eigenvalue weighted by Gasteiger charge is 2.33. The van der Waals surface area contributed by atoms with Crippen LogP contribution in [0.5, 0.6) is 0 Å². The van der Waals surface area contributed by atoms with Gasteiger partial charge in [-0.15, -0.1) is 10.1 Å². The molecule has 2 heterocycles. The van der Waals surface area contributed by atoms with Crippen molar-refractivity contribution in [3.63, 3.8) is 0 Å². The van der Waals surface area contributed by atoms with Crippen LogP contribution in [0.15, 0.2) is 48.5 Å². The summed E-state index contributed by atoms with van der Waals surface area (Å²) in [4.78, 5) is 111. The molecule has 236 valence electrons. The largest absolute Gasteiger partial charge is 0.363 e. The number of aldehydes is 2. The molecule has 14 nitrogen and oxygen atoms in total. The molecule has 0 unspecified atom stereocenters. The lowest BCUT2D eigenvalue weighted by atomic mass is 10.1. The van der Waals surface area contributed by atoms with Crippen molar-refractivity contribution in [2.75, 3.05) is 18.1 Å². The van der Waals surface area contributed by atoms with Gasteiger partial charge in [-0.1, -0.05) is 45.9 Å². The Bertz CT molecular complexity index is 1430. The van der Waals surface area contributed by atoms with Gasteiger partial charge in [0.25, 0.3) is 29.5 Å². The summed E-state index contributed by atoms with van der Waals surface area (Å²) >= 11 is 0. The highest BCUT2D eigenvalue weighted by atomic mass is 33.1. The molecule has 45 heavy (non-hydrogen) atoms. The summed E-state index contributed by atoms with van der Waals surface area (Å²) in [5, 5.41) is 3.78. The van der Waals surface area contributed by atoms with E-state index in [1.54, 1.807) is 24.3 Å². The van der Waals surface area contributed by atoms with Crippen LogP contribution < -0.4 is 5.32 Å². The molecule has 0 saturated carbocycles. The van der Waals surface area contributed by atoms with Gasteiger partial charge in [0, 0.05) is 60.4 Å². The van der Waals surface area contributed by atoms with Gasteiger partial charge in [0.15, 0.2) is 0 Å². The Balaban J connectivity index is 0.000000265. The highest BCUT2D eigenvalue weighted by Crippen LogP contribution is 2.22. The molecule has 2 aliphatic heterocycles. The first-order valence-electron chi connectivity index (χ1n) is 13.4. The van der Waals surface area contributed by atoms with Crippen molar-refractivity contribution in [3.05, 3.63) is 70.8 Å². The fourth-order valence-electron chi connectivity index (χ4n) is 3.56. The lowest BCUT2D eigenvalue weighted by Crippen LogP contribution is -2.32. The van der Waals surface area contributed by atoms with Crippen LogP contribution in [0.25, 0.3) is 0 Å². The molecule has 4 rings (SSSR count). The number of nitrogens with one attached hydrogen (secondary N) is 1. The average Bonchev–Trinajstić information content (AvgIpc) is 3.54. The molecule has 2 fully saturated rings. The molecule has 2 saturated heterocycles. The molecular weight excluding hydrogens is 630 g/mol. The molecular formula is C29H27N3O11S2. The van der Waals surface area contributed by atoms with Crippen LogP contribution in [0.4, 0.5) is 0 Å². The number of amides is 5.